The number of benzene rings is 1. The van der Waals surface area contributed by atoms with Gasteiger partial charge < -0.3 is 4.74 Å². The molecule has 0 saturated heterocycles. The molecule has 13 heavy (non-hydrogen) atoms. The number of hydrogen-bond donors (Lipinski definition) is 0. The van der Waals surface area contributed by atoms with E-state index in [1.54, 1.807) is 0 Å². The summed E-state index contributed by atoms with van der Waals surface area (Å²) in [5.41, 5.74) is 2.34. The van der Waals surface area contributed by atoms with Crippen LogP contribution in [0, 0.1) is 0 Å². The summed E-state index contributed by atoms with van der Waals surface area (Å²) in [6.45, 7) is 3.90. The lowest BCUT2D eigenvalue weighted by Crippen LogP contribution is -2.01. The fraction of sp³-hybridized carbons (Fsp3) is 0.364. The molecule has 2 heteroatoms. The van der Waals surface area contributed by atoms with Crippen LogP contribution in [0.4, 0.5) is 0 Å². The van der Waals surface area contributed by atoms with Gasteiger partial charge in [-0.2, -0.15) is 0 Å². The molecule has 0 atom stereocenters. The van der Waals surface area contributed by atoms with E-state index in [9.17, 15) is 4.79 Å². The van der Waals surface area contributed by atoms with Crippen molar-refractivity contribution in [1.82, 2.24) is 0 Å². The molecule has 0 amide bonds. The van der Waals surface area contributed by atoms with Gasteiger partial charge in [-0.25, -0.2) is 0 Å². The molecule has 0 bridgehead atoms. The molecular formula is C11H14O2. The number of ether oxygens (including phenoxy) is 1. The van der Waals surface area contributed by atoms with Crippen molar-refractivity contribution in [3.8, 4) is 0 Å². The summed E-state index contributed by atoms with van der Waals surface area (Å²) < 4.78 is 4.93. The molecule has 0 aliphatic rings. The van der Waals surface area contributed by atoms with Gasteiger partial charge in [-0.15, -0.1) is 0 Å². The third kappa shape index (κ3) is 2.90. The quantitative estimate of drug-likeness (QED) is 0.664. The van der Waals surface area contributed by atoms with Crippen molar-refractivity contribution in [2.24, 2.45) is 0 Å². The summed E-state index contributed by atoms with van der Waals surface area (Å²) in [7, 11) is 0. The molecule has 0 unspecified atom stereocenters. The third-order valence-electron chi connectivity index (χ3n) is 1.93. The molecule has 0 saturated carbocycles. The van der Waals surface area contributed by atoms with Crippen molar-refractivity contribution < 1.29 is 9.53 Å². The van der Waals surface area contributed by atoms with E-state index in [0.717, 1.165) is 12.0 Å². The minimum atomic E-state index is -0.231. The van der Waals surface area contributed by atoms with Crippen LogP contribution in [0.5, 0.6) is 0 Å². The molecule has 70 valence electrons. The minimum Gasteiger partial charge on any atom is -0.461 e. The Morgan fingerprint density at radius 3 is 2.46 bits per heavy atom. The van der Waals surface area contributed by atoms with Gasteiger partial charge in [0, 0.05) is 6.92 Å². The molecule has 0 radical (unpaired) electrons. The highest BCUT2D eigenvalue weighted by atomic mass is 16.5. The summed E-state index contributed by atoms with van der Waals surface area (Å²) in [6.07, 6.45) is 0.970. The first kappa shape index (κ1) is 9.78. The Kier molecular flexibility index (Phi) is 3.50. The Bertz CT molecular complexity index is 292. The number of carbonyl (C=O) groups excluding carboxylic acids is 1. The standard InChI is InChI=1S/C11H14O2/c1-3-10-6-4-5-7-11(10)8-13-9(2)12/h4-7H,3,8H2,1-2H3. The van der Waals surface area contributed by atoms with E-state index in [0.29, 0.717) is 6.61 Å². The summed E-state index contributed by atoms with van der Waals surface area (Å²) >= 11 is 0. The van der Waals surface area contributed by atoms with Crippen LogP contribution in [0.25, 0.3) is 0 Å². The topological polar surface area (TPSA) is 26.3 Å². The zero-order valence-electron chi connectivity index (χ0n) is 8.04. The number of carbonyl (C=O) groups is 1. The molecule has 0 aliphatic heterocycles. The van der Waals surface area contributed by atoms with E-state index in [4.69, 9.17) is 4.74 Å². The average molecular weight is 178 g/mol. The molecule has 1 rings (SSSR count). The van der Waals surface area contributed by atoms with Gasteiger partial charge in [0.05, 0.1) is 0 Å². The average Bonchev–Trinajstić information content (AvgIpc) is 2.15. The Labute approximate surface area is 78.5 Å². The lowest BCUT2D eigenvalue weighted by Gasteiger charge is -2.06. The lowest BCUT2D eigenvalue weighted by atomic mass is 10.1. The van der Waals surface area contributed by atoms with E-state index >= 15 is 0 Å². The van der Waals surface area contributed by atoms with E-state index < -0.39 is 0 Å². The van der Waals surface area contributed by atoms with Crippen LogP contribution in [0.1, 0.15) is 25.0 Å². The molecule has 0 spiro atoms. The van der Waals surface area contributed by atoms with Crippen LogP contribution in [-0.4, -0.2) is 5.97 Å². The van der Waals surface area contributed by atoms with Crippen molar-refractivity contribution in [2.45, 2.75) is 26.9 Å². The molecule has 1 aromatic carbocycles. The van der Waals surface area contributed by atoms with Gasteiger partial charge in [0.1, 0.15) is 6.61 Å². The van der Waals surface area contributed by atoms with Crippen molar-refractivity contribution in [3.63, 3.8) is 0 Å². The van der Waals surface area contributed by atoms with Gasteiger partial charge in [-0.3, -0.25) is 4.79 Å². The first-order valence-corrected chi connectivity index (χ1v) is 4.44. The Morgan fingerprint density at radius 1 is 1.31 bits per heavy atom. The van der Waals surface area contributed by atoms with Crippen molar-refractivity contribution >= 4 is 5.97 Å². The zero-order chi connectivity index (χ0) is 9.68. The number of aryl methyl sites for hydroxylation is 1. The van der Waals surface area contributed by atoms with Gasteiger partial charge in [-0.05, 0) is 17.5 Å². The molecule has 1 aromatic rings. The first-order chi connectivity index (χ1) is 6.24. The second-order valence-electron chi connectivity index (χ2n) is 2.90. The molecule has 2 nitrogen and oxygen atoms in total. The molecule has 0 fully saturated rings. The largest absolute Gasteiger partial charge is 0.461 e. The predicted octanol–water partition coefficient (Wildman–Crippen LogP) is 2.31. The minimum absolute atomic E-state index is 0.231. The van der Waals surface area contributed by atoms with Crippen LogP contribution >= 0.6 is 0 Å². The number of rotatable bonds is 3. The maximum absolute atomic E-state index is 10.6. The monoisotopic (exact) mass is 178 g/mol. The molecule has 0 N–H and O–H groups in total. The Balaban J connectivity index is 2.69. The highest BCUT2D eigenvalue weighted by Crippen LogP contribution is 2.10. The molecule has 0 aliphatic carbocycles. The predicted molar refractivity (Wildman–Crippen MR) is 51.3 cm³/mol. The third-order valence-corrected chi connectivity index (χ3v) is 1.93. The number of esters is 1. The normalized spacial score (nSPS) is 9.69. The fourth-order valence-corrected chi connectivity index (χ4v) is 1.22. The smallest absolute Gasteiger partial charge is 0.302 e. The highest BCUT2D eigenvalue weighted by Gasteiger charge is 2.00. The van der Waals surface area contributed by atoms with Crippen LogP contribution in [0.3, 0.4) is 0 Å². The van der Waals surface area contributed by atoms with Crippen molar-refractivity contribution in [2.75, 3.05) is 0 Å². The lowest BCUT2D eigenvalue weighted by molar-refractivity contribution is -0.142. The summed E-state index contributed by atoms with van der Waals surface area (Å²) in [5, 5.41) is 0. The molecule has 0 aromatic heterocycles. The SMILES string of the molecule is CCc1ccccc1COC(C)=O. The summed E-state index contributed by atoms with van der Waals surface area (Å²) in [4.78, 5) is 10.6. The van der Waals surface area contributed by atoms with Crippen LogP contribution < -0.4 is 0 Å². The van der Waals surface area contributed by atoms with Gasteiger partial charge in [-0.1, -0.05) is 31.2 Å². The highest BCUT2D eigenvalue weighted by molar-refractivity contribution is 5.65. The van der Waals surface area contributed by atoms with E-state index in [-0.39, 0.29) is 5.97 Å². The van der Waals surface area contributed by atoms with Crippen LogP contribution in [0.15, 0.2) is 24.3 Å². The Morgan fingerprint density at radius 2 is 1.92 bits per heavy atom. The Hall–Kier alpha value is -1.31. The van der Waals surface area contributed by atoms with Crippen molar-refractivity contribution in [1.29, 1.82) is 0 Å². The maximum Gasteiger partial charge on any atom is 0.302 e. The fourth-order valence-electron chi connectivity index (χ4n) is 1.22. The first-order valence-electron chi connectivity index (χ1n) is 4.44. The van der Waals surface area contributed by atoms with E-state index in [1.165, 1.54) is 12.5 Å². The summed E-state index contributed by atoms with van der Waals surface area (Å²) in [6, 6.07) is 7.99. The molecule has 0 heterocycles. The van der Waals surface area contributed by atoms with Gasteiger partial charge in [0.15, 0.2) is 0 Å². The molecular weight excluding hydrogens is 164 g/mol. The van der Waals surface area contributed by atoms with Crippen LogP contribution in [-0.2, 0) is 22.6 Å². The van der Waals surface area contributed by atoms with Crippen molar-refractivity contribution in [3.05, 3.63) is 35.4 Å². The van der Waals surface area contributed by atoms with Gasteiger partial charge in [0.2, 0.25) is 0 Å². The van der Waals surface area contributed by atoms with E-state index in [1.807, 2.05) is 18.2 Å². The van der Waals surface area contributed by atoms with Gasteiger partial charge in [0.25, 0.3) is 0 Å². The number of hydrogen-bond acceptors (Lipinski definition) is 2. The summed E-state index contributed by atoms with van der Waals surface area (Å²) in [5.74, 6) is -0.231. The second-order valence-corrected chi connectivity index (χ2v) is 2.90. The maximum atomic E-state index is 10.6. The second kappa shape index (κ2) is 4.65. The zero-order valence-corrected chi connectivity index (χ0v) is 8.04. The van der Waals surface area contributed by atoms with Crippen LogP contribution in [0.2, 0.25) is 0 Å². The van der Waals surface area contributed by atoms with E-state index in [2.05, 4.69) is 13.0 Å². The van der Waals surface area contributed by atoms with Gasteiger partial charge >= 0.3 is 5.97 Å².